The molecule has 1 aromatic rings. The van der Waals surface area contributed by atoms with E-state index < -0.39 is 18.2 Å². The summed E-state index contributed by atoms with van der Waals surface area (Å²) in [7, 11) is 0. The predicted molar refractivity (Wildman–Crippen MR) is 105 cm³/mol. The van der Waals surface area contributed by atoms with E-state index in [1.54, 1.807) is 18.7 Å². The summed E-state index contributed by atoms with van der Waals surface area (Å²) in [5.74, 6) is -0.672. The van der Waals surface area contributed by atoms with E-state index in [4.69, 9.17) is 14.2 Å². The minimum Gasteiger partial charge on any atom is -0.451 e. The largest absolute Gasteiger partial charge is 0.451 e. The zero-order valence-electron chi connectivity index (χ0n) is 16.7. The Kier molecular flexibility index (Phi) is 7.28. The van der Waals surface area contributed by atoms with Crippen molar-refractivity contribution in [2.24, 2.45) is 0 Å². The van der Waals surface area contributed by atoms with Gasteiger partial charge in [-0.05, 0) is 38.8 Å². The summed E-state index contributed by atoms with van der Waals surface area (Å²) in [6, 6.07) is 10.2. The molecule has 0 saturated carbocycles. The van der Waals surface area contributed by atoms with Crippen LogP contribution in [0.3, 0.4) is 0 Å². The highest BCUT2D eigenvalue weighted by Gasteiger charge is 2.29. The quantitative estimate of drug-likeness (QED) is 0.662. The highest BCUT2D eigenvalue weighted by atomic mass is 16.6. The van der Waals surface area contributed by atoms with Crippen molar-refractivity contribution in [3.63, 3.8) is 0 Å². The van der Waals surface area contributed by atoms with Crippen LogP contribution in [0.15, 0.2) is 30.3 Å². The van der Waals surface area contributed by atoms with Gasteiger partial charge in [-0.1, -0.05) is 18.2 Å². The molecule has 0 radical (unpaired) electrons. The van der Waals surface area contributed by atoms with Crippen molar-refractivity contribution in [2.75, 3.05) is 44.3 Å². The van der Waals surface area contributed by atoms with Gasteiger partial charge in [0.1, 0.15) is 0 Å². The van der Waals surface area contributed by atoms with Gasteiger partial charge in [0.05, 0.1) is 12.7 Å². The maximum Gasteiger partial charge on any atom is 0.335 e. The monoisotopic (exact) mass is 390 g/mol. The first-order valence-corrected chi connectivity index (χ1v) is 10.1. The summed E-state index contributed by atoms with van der Waals surface area (Å²) >= 11 is 0. The van der Waals surface area contributed by atoms with Crippen LogP contribution in [-0.2, 0) is 23.8 Å². The van der Waals surface area contributed by atoms with Crippen LogP contribution in [-0.4, -0.2) is 74.5 Å². The molecule has 7 nitrogen and oxygen atoms in total. The Labute approximate surface area is 166 Å². The van der Waals surface area contributed by atoms with Crippen LogP contribution in [0.25, 0.3) is 0 Å². The minimum absolute atomic E-state index is 0.0511. The second-order valence-electron chi connectivity index (χ2n) is 7.34. The van der Waals surface area contributed by atoms with Gasteiger partial charge in [-0.25, -0.2) is 4.79 Å². The van der Waals surface area contributed by atoms with Crippen molar-refractivity contribution in [3.8, 4) is 0 Å². The van der Waals surface area contributed by atoms with Crippen LogP contribution in [0.4, 0.5) is 5.69 Å². The molecule has 2 heterocycles. The van der Waals surface area contributed by atoms with Crippen LogP contribution in [0.2, 0.25) is 0 Å². The molecule has 2 fully saturated rings. The number of carbonyl (C=O) groups is 2. The van der Waals surface area contributed by atoms with Crippen LogP contribution >= 0.6 is 0 Å². The molecule has 0 aromatic heterocycles. The van der Waals surface area contributed by atoms with Crippen LogP contribution < -0.4 is 4.90 Å². The Morgan fingerprint density at radius 3 is 2.46 bits per heavy atom. The topological polar surface area (TPSA) is 68.3 Å². The van der Waals surface area contributed by atoms with E-state index in [1.165, 1.54) is 0 Å². The van der Waals surface area contributed by atoms with Gasteiger partial charge in [0, 0.05) is 38.5 Å². The molecule has 2 aliphatic heterocycles. The van der Waals surface area contributed by atoms with Crippen molar-refractivity contribution in [1.82, 2.24) is 4.90 Å². The number of nitrogens with zero attached hydrogens (tertiary/aromatic N) is 2. The van der Waals surface area contributed by atoms with Crippen LogP contribution in [0, 0.1) is 0 Å². The number of ether oxygens (including phenoxy) is 3. The van der Waals surface area contributed by atoms with Gasteiger partial charge in [-0.3, -0.25) is 4.79 Å². The smallest absolute Gasteiger partial charge is 0.335 e. The van der Waals surface area contributed by atoms with E-state index in [2.05, 4.69) is 17.0 Å². The fraction of sp³-hybridized carbons (Fsp3) is 0.619. The van der Waals surface area contributed by atoms with E-state index in [-0.39, 0.29) is 12.0 Å². The lowest BCUT2D eigenvalue weighted by atomic mass is 10.2. The molecule has 2 aliphatic rings. The van der Waals surface area contributed by atoms with Gasteiger partial charge < -0.3 is 24.0 Å². The Bertz CT molecular complexity index is 639. The molecule has 1 aromatic carbocycles. The van der Waals surface area contributed by atoms with Crippen molar-refractivity contribution in [2.45, 2.75) is 45.0 Å². The number of amides is 1. The highest BCUT2D eigenvalue weighted by molar-refractivity contribution is 5.84. The normalized spacial score (nSPS) is 22.0. The Morgan fingerprint density at radius 1 is 1.11 bits per heavy atom. The highest BCUT2D eigenvalue weighted by Crippen LogP contribution is 2.17. The maximum absolute atomic E-state index is 12.6. The lowest BCUT2D eigenvalue weighted by Crippen LogP contribution is -2.52. The fourth-order valence-corrected chi connectivity index (χ4v) is 3.50. The number of benzene rings is 1. The van der Waals surface area contributed by atoms with Gasteiger partial charge in [0.15, 0.2) is 12.2 Å². The second kappa shape index (κ2) is 9.89. The fourth-order valence-electron chi connectivity index (χ4n) is 3.50. The lowest BCUT2D eigenvalue weighted by Gasteiger charge is -2.37. The molecule has 3 rings (SSSR count). The summed E-state index contributed by atoms with van der Waals surface area (Å²) in [4.78, 5) is 28.9. The van der Waals surface area contributed by atoms with Crippen molar-refractivity contribution in [1.29, 1.82) is 0 Å². The van der Waals surface area contributed by atoms with Gasteiger partial charge >= 0.3 is 5.97 Å². The number of para-hydroxylation sites is 1. The third kappa shape index (κ3) is 5.45. The summed E-state index contributed by atoms with van der Waals surface area (Å²) in [5.41, 5.74) is 1.16. The van der Waals surface area contributed by atoms with Gasteiger partial charge in [-0.2, -0.15) is 0 Å². The van der Waals surface area contributed by atoms with E-state index in [0.29, 0.717) is 19.7 Å². The Hall–Kier alpha value is -2.12. The number of hydrogen-bond donors (Lipinski definition) is 0. The Balaban J connectivity index is 1.40. The van der Waals surface area contributed by atoms with Gasteiger partial charge in [0.25, 0.3) is 5.91 Å². The van der Waals surface area contributed by atoms with Crippen molar-refractivity contribution in [3.05, 3.63) is 30.3 Å². The van der Waals surface area contributed by atoms with Crippen LogP contribution in [0.5, 0.6) is 0 Å². The third-order valence-corrected chi connectivity index (χ3v) is 5.24. The summed E-state index contributed by atoms with van der Waals surface area (Å²) in [6.45, 7) is 7.13. The number of rotatable bonds is 7. The standard InChI is InChI=1S/C21H30N2O5/c1-16(28-21(25)17(2)27-15-19-9-6-14-26-19)20(24)23-12-10-22(11-13-23)18-7-4-3-5-8-18/h3-5,7-8,16-17,19H,6,9-15H2,1-2H3. The summed E-state index contributed by atoms with van der Waals surface area (Å²) in [6.07, 6.45) is 0.496. The number of piperazine rings is 1. The molecule has 28 heavy (non-hydrogen) atoms. The molecular formula is C21H30N2O5. The molecule has 3 atom stereocenters. The molecule has 0 aliphatic carbocycles. The summed E-state index contributed by atoms with van der Waals surface area (Å²) in [5, 5.41) is 0. The predicted octanol–water partition coefficient (Wildman–Crippen LogP) is 1.85. The number of hydrogen-bond acceptors (Lipinski definition) is 6. The maximum atomic E-state index is 12.6. The Morgan fingerprint density at radius 2 is 1.82 bits per heavy atom. The zero-order valence-corrected chi connectivity index (χ0v) is 16.7. The second-order valence-corrected chi connectivity index (χ2v) is 7.34. The van der Waals surface area contributed by atoms with Gasteiger partial charge in [0.2, 0.25) is 0 Å². The SMILES string of the molecule is CC(OCC1CCCO1)C(=O)OC(C)C(=O)N1CCN(c2ccccc2)CC1. The first-order valence-electron chi connectivity index (χ1n) is 10.1. The van der Waals surface area contributed by atoms with E-state index >= 15 is 0 Å². The van der Waals surface area contributed by atoms with Crippen LogP contribution in [0.1, 0.15) is 26.7 Å². The molecule has 154 valence electrons. The molecule has 0 spiro atoms. The zero-order chi connectivity index (χ0) is 19.9. The molecule has 2 saturated heterocycles. The lowest BCUT2D eigenvalue weighted by molar-refractivity contribution is -0.169. The molecule has 1 amide bonds. The minimum atomic E-state index is -0.815. The molecule has 0 bridgehead atoms. The van der Waals surface area contributed by atoms with Gasteiger partial charge in [-0.15, -0.1) is 0 Å². The first-order chi connectivity index (χ1) is 13.5. The van der Waals surface area contributed by atoms with E-state index in [9.17, 15) is 9.59 Å². The average molecular weight is 390 g/mol. The first kappa shape index (κ1) is 20.6. The third-order valence-electron chi connectivity index (χ3n) is 5.24. The van der Waals surface area contributed by atoms with Crippen molar-refractivity contribution >= 4 is 17.6 Å². The van der Waals surface area contributed by atoms with Crippen molar-refractivity contribution < 1.29 is 23.8 Å². The molecule has 7 heteroatoms. The number of esters is 1. The number of anilines is 1. The molecule has 0 N–H and O–H groups in total. The number of carbonyl (C=O) groups excluding carboxylic acids is 2. The van der Waals surface area contributed by atoms with E-state index in [0.717, 1.165) is 38.2 Å². The summed E-state index contributed by atoms with van der Waals surface area (Å²) < 4.78 is 16.4. The molecule has 3 unspecified atom stereocenters. The molecular weight excluding hydrogens is 360 g/mol. The average Bonchev–Trinajstić information content (AvgIpc) is 3.25. The van der Waals surface area contributed by atoms with E-state index in [1.807, 2.05) is 18.2 Å².